The maximum Gasteiger partial charge on any atom is 0.451 e. The molecule has 2 atom stereocenters. The zero-order valence-corrected chi connectivity index (χ0v) is 20.8. The van der Waals surface area contributed by atoms with Crippen LogP contribution in [0.2, 0.25) is 4.34 Å². The third kappa shape index (κ3) is 5.36. The lowest BCUT2D eigenvalue weighted by Gasteiger charge is -2.26. The number of sulfonamides is 1. The number of carbonyl (C=O) groups excluding carboxylic acids is 1. The fourth-order valence-corrected chi connectivity index (χ4v) is 7.26. The molecule has 15 heteroatoms. The van der Waals surface area contributed by atoms with E-state index in [0.717, 1.165) is 34.2 Å². The zero-order valence-electron chi connectivity index (χ0n) is 18.5. The number of carbonyl (C=O) groups is 1. The van der Waals surface area contributed by atoms with E-state index >= 15 is 0 Å². The number of nitrogens with one attached hydrogen (secondary N) is 1. The first-order valence-electron chi connectivity index (χ1n) is 10.5. The molecule has 192 valence electrons. The molecule has 3 aromatic heterocycles. The highest BCUT2D eigenvalue weighted by Gasteiger charge is 2.44. The lowest BCUT2D eigenvalue weighted by atomic mass is 10.1. The summed E-state index contributed by atoms with van der Waals surface area (Å²) < 4.78 is 80.2. The topological polar surface area (TPSA) is 105 Å². The SMILES string of the molecule is C[C@H]1CC[C@@H](C(=O)NCc2cc(-c3cnc(C(F)(F)F)nc3)ncc2F)N1S(=O)(=O)c1ccc(Cl)s1. The van der Waals surface area contributed by atoms with Crippen LogP contribution in [0.15, 0.2) is 41.0 Å². The number of thiophene rings is 1. The first kappa shape index (κ1) is 26.4. The summed E-state index contributed by atoms with van der Waals surface area (Å²) in [6.07, 6.45) is -1.28. The molecule has 3 aromatic rings. The standard InChI is InChI=1S/C21H18ClF4N5O3S2/c1-11-2-3-16(31(11)36(33,34)18-5-4-17(22)35-18)19(32)28-7-12-6-15(27-10-14(12)23)13-8-29-20(30-9-13)21(24,25)26/h4-6,8-11,16H,2-3,7H2,1H3,(H,28,32)/t11-,16-/m0/s1. The van der Waals surface area contributed by atoms with Crippen LogP contribution in [-0.2, 0) is 27.5 Å². The van der Waals surface area contributed by atoms with E-state index in [9.17, 15) is 30.8 Å². The fourth-order valence-electron chi connectivity index (χ4n) is 3.83. The van der Waals surface area contributed by atoms with E-state index in [-0.39, 0.29) is 34.0 Å². The normalized spacial score (nSPS) is 18.9. The van der Waals surface area contributed by atoms with Crippen molar-refractivity contribution >= 4 is 38.9 Å². The van der Waals surface area contributed by atoms with Gasteiger partial charge in [-0.15, -0.1) is 11.3 Å². The Morgan fingerprint density at radius 3 is 2.50 bits per heavy atom. The summed E-state index contributed by atoms with van der Waals surface area (Å²) in [5.41, 5.74) is 0.216. The molecule has 4 heterocycles. The molecular formula is C21H18ClF4N5O3S2. The van der Waals surface area contributed by atoms with Crippen molar-refractivity contribution in [1.29, 1.82) is 0 Å². The molecule has 0 spiro atoms. The van der Waals surface area contributed by atoms with Gasteiger partial charge in [0.15, 0.2) is 0 Å². The van der Waals surface area contributed by atoms with Gasteiger partial charge in [-0.1, -0.05) is 11.6 Å². The highest BCUT2D eigenvalue weighted by Crippen LogP contribution is 2.35. The van der Waals surface area contributed by atoms with Crippen LogP contribution in [0, 0.1) is 5.82 Å². The number of aromatic nitrogens is 3. The van der Waals surface area contributed by atoms with Crippen LogP contribution in [0.5, 0.6) is 0 Å². The van der Waals surface area contributed by atoms with Crippen molar-refractivity contribution < 1.29 is 30.8 Å². The number of alkyl halides is 3. The van der Waals surface area contributed by atoms with Gasteiger partial charge < -0.3 is 5.32 Å². The van der Waals surface area contributed by atoms with E-state index in [0.29, 0.717) is 10.8 Å². The van der Waals surface area contributed by atoms with Crippen LogP contribution in [0.4, 0.5) is 17.6 Å². The van der Waals surface area contributed by atoms with Gasteiger partial charge in [-0.2, -0.15) is 17.5 Å². The maximum absolute atomic E-state index is 14.4. The summed E-state index contributed by atoms with van der Waals surface area (Å²) in [5, 5.41) is 2.55. The van der Waals surface area contributed by atoms with Crippen molar-refractivity contribution in [2.75, 3.05) is 0 Å². The summed E-state index contributed by atoms with van der Waals surface area (Å²) in [6.45, 7) is 1.40. The third-order valence-corrected chi connectivity index (χ3v) is 9.29. The Kier molecular flexibility index (Phi) is 7.33. The van der Waals surface area contributed by atoms with Crippen LogP contribution in [0.1, 0.15) is 31.2 Å². The molecule has 0 aliphatic carbocycles. The molecule has 4 rings (SSSR count). The van der Waals surface area contributed by atoms with Gasteiger partial charge >= 0.3 is 6.18 Å². The summed E-state index contributed by atoms with van der Waals surface area (Å²) in [7, 11) is -3.98. The monoisotopic (exact) mass is 563 g/mol. The van der Waals surface area contributed by atoms with E-state index in [1.54, 1.807) is 6.92 Å². The molecule has 1 aliphatic rings. The summed E-state index contributed by atoms with van der Waals surface area (Å²) in [5.74, 6) is -2.69. The average molecular weight is 564 g/mol. The summed E-state index contributed by atoms with van der Waals surface area (Å²) in [4.78, 5) is 23.3. The number of hydrogen-bond donors (Lipinski definition) is 1. The average Bonchev–Trinajstić information content (AvgIpc) is 3.44. The molecule has 0 aromatic carbocycles. The van der Waals surface area contributed by atoms with Gasteiger partial charge in [0.25, 0.3) is 10.0 Å². The van der Waals surface area contributed by atoms with Crippen LogP contribution >= 0.6 is 22.9 Å². The number of rotatable bonds is 6. The molecule has 0 radical (unpaired) electrons. The van der Waals surface area contributed by atoms with Gasteiger partial charge in [0.05, 0.1) is 16.2 Å². The molecule has 1 amide bonds. The quantitative estimate of drug-likeness (QED) is 0.449. The van der Waals surface area contributed by atoms with E-state index in [1.807, 2.05) is 0 Å². The van der Waals surface area contributed by atoms with Gasteiger partial charge in [-0.05, 0) is 38.0 Å². The Balaban J connectivity index is 1.50. The Bertz CT molecular complexity index is 1380. The number of halogens is 5. The zero-order chi connectivity index (χ0) is 26.3. The minimum atomic E-state index is -4.71. The van der Waals surface area contributed by atoms with Crippen molar-refractivity contribution in [3.8, 4) is 11.3 Å². The molecule has 0 bridgehead atoms. The molecule has 1 aliphatic heterocycles. The Morgan fingerprint density at radius 2 is 1.89 bits per heavy atom. The molecule has 0 unspecified atom stereocenters. The maximum atomic E-state index is 14.4. The fraction of sp³-hybridized carbons (Fsp3) is 0.333. The highest BCUT2D eigenvalue weighted by molar-refractivity contribution is 7.91. The molecule has 1 N–H and O–H groups in total. The highest BCUT2D eigenvalue weighted by atomic mass is 35.5. The second-order valence-corrected chi connectivity index (χ2v) is 11.8. The van der Waals surface area contributed by atoms with Crippen molar-refractivity contribution in [2.45, 2.75) is 48.8 Å². The van der Waals surface area contributed by atoms with Crippen LogP contribution in [0.25, 0.3) is 11.3 Å². The van der Waals surface area contributed by atoms with Gasteiger partial charge in [0.2, 0.25) is 11.7 Å². The minimum absolute atomic E-state index is 0.00117. The molecule has 1 fully saturated rings. The second kappa shape index (κ2) is 10.00. The van der Waals surface area contributed by atoms with Crippen molar-refractivity contribution in [3.63, 3.8) is 0 Å². The Hall–Kier alpha value is -2.68. The summed E-state index contributed by atoms with van der Waals surface area (Å²) in [6, 6.07) is 2.65. The molecule has 8 nitrogen and oxygen atoms in total. The lowest BCUT2D eigenvalue weighted by molar-refractivity contribution is -0.145. The Morgan fingerprint density at radius 1 is 1.19 bits per heavy atom. The van der Waals surface area contributed by atoms with Crippen molar-refractivity contribution in [3.05, 3.63) is 58.3 Å². The molecular weight excluding hydrogens is 546 g/mol. The first-order valence-corrected chi connectivity index (χ1v) is 13.1. The number of amides is 1. The second-order valence-electron chi connectivity index (χ2n) is 8.01. The minimum Gasteiger partial charge on any atom is -0.351 e. The van der Waals surface area contributed by atoms with Gasteiger partial charge in [-0.3, -0.25) is 9.78 Å². The lowest BCUT2D eigenvalue weighted by Crippen LogP contribution is -2.47. The van der Waals surface area contributed by atoms with E-state index in [1.165, 1.54) is 18.2 Å². The van der Waals surface area contributed by atoms with Crippen molar-refractivity contribution in [1.82, 2.24) is 24.6 Å². The van der Waals surface area contributed by atoms with Gasteiger partial charge in [0.1, 0.15) is 16.1 Å². The smallest absolute Gasteiger partial charge is 0.351 e. The van der Waals surface area contributed by atoms with E-state index < -0.39 is 45.8 Å². The first-order chi connectivity index (χ1) is 16.9. The molecule has 36 heavy (non-hydrogen) atoms. The predicted molar refractivity (Wildman–Crippen MR) is 123 cm³/mol. The largest absolute Gasteiger partial charge is 0.451 e. The van der Waals surface area contributed by atoms with Crippen LogP contribution < -0.4 is 5.32 Å². The third-order valence-electron chi connectivity index (χ3n) is 5.57. The molecule has 0 saturated carbocycles. The Labute approximate surface area is 212 Å². The number of nitrogens with zero attached hydrogens (tertiary/aromatic N) is 4. The van der Waals surface area contributed by atoms with E-state index in [2.05, 4.69) is 20.3 Å². The number of pyridine rings is 1. The van der Waals surface area contributed by atoms with Crippen molar-refractivity contribution in [2.24, 2.45) is 0 Å². The van der Waals surface area contributed by atoms with Gasteiger partial charge in [-0.25, -0.2) is 22.8 Å². The van der Waals surface area contributed by atoms with E-state index in [4.69, 9.17) is 11.6 Å². The van der Waals surface area contributed by atoms with Gasteiger partial charge in [0, 0.05) is 36.1 Å². The summed E-state index contributed by atoms with van der Waals surface area (Å²) >= 11 is 6.77. The van der Waals surface area contributed by atoms with Crippen LogP contribution in [0.3, 0.4) is 0 Å². The predicted octanol–water partition coefficient (Wildman–Crippen LogP) is 4.27. The molecule has 1 saturated heterocycles. The van der Waals surface area contributed by atoms with Crippen LogP contribution in [-0.4, -0.2) is 45.7 Å². The number of hydrogen-bond acceptors (Lipinski definition) is 7.